The van der Waals surface area contributed by atoms with E-state index < -0.39 is 0 Å². The summed E-state index contributed by atoms with van der Waals surface area (Å²) in [5.74, 6) is -0.261. The predicted molar refractivity (Wildman–Crippen MR) is 66.6 cm³/mol. The summed E-state index contributed by atoms with van der Waals surface area (Å²) in [5.41, 5.74) is 8.23. The number of rotatable bonds is 5. The number of carbonyl (C=O) groups excluding carboxylic acids is 1. The third kappa shape index (κ3) is 3.53. The molecule has 2 N–H and O–H groups in total. The molecule has 17 heavy (non-hydrogen) atoms. The Balaban J connectivity index is 2.98. The highest BCUT2D eigenvalue weighted by Crippen LogP contribution is 2.26. The first-order chi connectivity index (χ1) is 8.10. The Labute approximate surface area is 102 Å². The number of nitrogens with zero attached hydrogens (tertiary/aromatic N) is 1. The molecule has 2 unspecified atom stereocenters. The number of ether oxygens (including phenoxy) is 1. The van der Waals surface area contributed by atoms with Crippen LogP contribution >= 0.6 is 0 Å². The molecule has 4 nitrogen and oxygen atoms in total. The molecule has 0 bridgehead atoms. The third-order valence-corrected chi connectivity index (χ3v) is 3.08. The van der Waals surface area contributed by atoms with Crippen LogP contribution < -0.4 is 5.73 Å². The maximum atomic E-state index is 11.4. The second-order valence-corrected chi connectivity index (χ2v) is 4.19. The van der Waals surface area contributed by atoms with Crippen molar-refractivity contribution in [2.45, 2.75) is 38.6 Å². The molecule has 2 atom stereocenters. The maximum absolute atomic E-state index is 11.4. The molecule has 1 aromatic rings. The lowest BCUT2D eigenvalue weighted by molar-refractivity contribution is -0.141. The van der Waals surface area contributed by atoms with Crippen molar-refractivity contribution >= 4 is 5.97 Å². The molecule has 0 aliphatic carbocycles. The molecule has 0 aromatic carbocycles. The Morgan fingerprint density at radius 2 is 2.29 bits per heavy atom. The van der Waals surface area contributed by atoms with Crippen LogP contribution in [0.5, 0.6) is 0 Å². The third-order valence-electron chi connectivity index (χ3n) is 3.08. The highest BCUT2D eigenvalue weighted by Gasteiger charge is 2.23. The average Bonchev–Trinajstić information content (AvgIpc) is 2.35. The molecule has 0 saturated heterocycles. The monoisotopic (exact) mass is 236 g/mol. The fourth-order valence-electron chi connectivity index (χ4n) is 1.90. The van der Waals surface area contributed by atoms with Gasteiger partial charge in [0, 0.05) is 24.4 Å². The number of aromatic nitrogens is 1. The molecule has 0 amide bonds. The second-order valence-electron chi connectivity index (χ2n) is 4.19. The first-order valence-corrected chi connectivity index (χ1v) is 5.83. The SMILES string of the molecule is CCC(N)C(CC(=O)OC)c1cnccc1C. The van der Waals surface area contributed by atoms with Gasteiger partial charge >= 0.3 is 5.97 Å². The minimum absolute atomic E-state index is 0.0267. The van der Waals surface area contributed by atoms with E-state index in [0.717, 1.165) is 17.5 Å². The number of hydrogen-bond donors (Lipinski definition) is 1. The van der Waals surface area contributed by atoms with Gasteiger partial charge in [-0.25, -0.2) is 0 Å². The van der Waals surface area contributed by atoms with Crippen molar-refractivity contribution in [2.24, 2.45) is 5.73 Å². The van der Waals surface area contributed by atoms with Crippen molar-refractivity contribution in [1.82, 2.24) is 4.98 Å². The molecule has 0 aliphatic heterocycles. The average molecular weight is 236 g/mol. The van der Waals surface area contributed by atoms with Crippen LogP contribution in [0.1, 0.15) is 36.8 Å². The van der Waals surface area contributed by atoms with E-state index in [1.807, 2.05) is 19.9 Å². The Bertz CT molecular complexity index is 379. The van der Waals surface area contributed by atoms with E-state index in [0.29, 0.717) is 6.42 Å². The molecule has 0 fully saturated rings. The van der Waals surface area contributed by atoms with E-state index in [1.165, 1.54) is 7.11 Å². The van der Waals surface area contributed by atoms with Crippen molar-refractivity contribution in [3.8, 4) is 0 Å². The second kappa shape index (κ2) is 6.35. The van der Waals surface area contributed by atoms with Crippen molar-refractivity contribution in [2.75, 3.05) is 7.11 Å². The molecular formula is C13H20N2O2. The molecule has 1 aromatic heterocycles. The van der Waals surface area contributed by atoms with E-state index in [1.54, 1.807) is 12.4 Å². The normalized spacial score (nSPS) is 14.1. The lowest BCUT2D eigenvalue weighted by Crippen LogP contribution is -2.30. The molecule has 94 valence electrons. The van der Waals surface area contributed by atoms with Gasteiger partial charge in [0.05, 0.1) is 13.5 Å². The molecule has 0 saturated carbocycles. The number of aryl methyl sites for hydroxylation is 1. The van der Waals surface area contributed by atoms with Gasteiger partial charge in [-0.2, -0.15) is 0 Å². The van der Waals surface area contributed by atoms with E-state index in [4.69, 9.17) is 10.5 Å². The smallest absolute Gasteiger partial charge is 0.306 e. The minimum atomic E-state index is -0.234. The molecule has 1 heterocycles. The summed E-state index contributed by atoms with van der Waals surface area (Å²) < 4.78 is 4.72. The van der Waals surface area contributed by atoms with Crippen molar-refractivity contribution in [3.05, 3.63) is 29.6 Å². The maximum Gasteiger partial charge on any atom is 0.306 e. The van der Waals surface area contributed by atoms with E-state index >= 15 is 0 Å². The van der Waals surface area contributed by atoms with Gasteiger partial charge in [0.2, 0.25) is 0 Å². The van der Waals surface area contributed by atoms with Gasteiger partial charge in [-0.05, 0) is 30.5 Å². The Morgan fingerprint density at radius 1 is 1.59 bits per heavy atom. The van der Waals surface area contributed by atoms with Gasteiger partial charge in [-0.1, -0.05) is 6.92 Å². The van der Waals surface area contributed by atoms with Gasteiger partial charge < -0.3 is 10.5 Å². The van der Waals surface area contributed by atoms with Gasteiger partial charge in [0.1, 0.15) is 0 Å². The number of pyridine rings is 1. The van der Waals surface area contributed by atoms with Crippen LogP contribution in [-0.2, 0) is 9.53 Å². The Hall–Kier alpha value is -1.42. The van der Waals surface area contributed by atoms with Crippen LogP contribution in [0.4, 0.5) is 0 Å². The lowest BCUT2D eigenvalue weighted by atomic mass is 9.86. The van der Waals surface area contributed by atoms with Crippen LogP contribution in [0, 0.1) is 6.92 Å². The Kier molecular flexibility index (Phi) is 5.10. The Morgan fingerprint density at radius 3 is 2.82 bits per heavy atom. The number of carbonyl (C=O) groups is 1. The van der Waals surface area contributed by atoms with E-state index in [9.17, 15) is 4.79 Å². The molecule has 0 radical (unpaired) electrons. The van der Waals surface area contributed by atoms with Crippen LogP contribution in [0.3, 0.4) is 0 Å². The molecule has 4 heteroatoms. The van der Waals surface area contributed by atoms with E-state index in [2.05, 4.69) is 4.98 Å². The zero-order valence-corrected chi connectivity index (χ0v) is 10.6. The van der Waals surface area contributed by atoms with Gasteiger partial charge in [0.25, 0.3) is 0 Å². The standard InChI is InChI=1S/C13H20N2O2/c1-4-12(14)10(7-13(16)17-3)11-8-15-6-5-9(11)2/h5-6,8,10,12H,4,7,14H2,1-3H3. The number of esters is 1. The van der Waals surface area contributed by atoms with Crippen molar-refractivity contribution in [1.29, 1.82) is 0 Å². The summed E-state index contributed by atoms with van der Waals surface area (Å²) in [6.45, 7) is 4.02. The predicted octanol–water partition coefficient (Wildman–Crippen LogP) is 1.77. The molecular weight excluding hydrogens is 216 g/mol. The quantitative estimate of drug-likeness (QED) is 0.791. The van der Waals surface area contributed by atoms with Gasteiger partial charge in [-0.3, -0.25) is 9.78 Å². The van der Waals surface area contributed by atoms with Gasteiger partial charge in [0.15, 0.2) is 0 Å². The topological polar surface area (TPSA) is 65.2 Å². The van der Waals surface area contributed by atoms with Gasteiger partial charge in [-0.15, -0.1) is 0 Å². The first-order valence-electron chi connectivity index (χ1n) is 5.83. The lowest BCUT2D eigenvalue weighted by Gasteiger charge is -2.23. The zero-order valence-electron chi connectivity index (χ0n) is 10.6. The highest BCUT2D eigenvalue weighted by molar-refractivity contribution is 5.70. The van der Waals surface area contributed by atoms with Crippen LogP contribution in [-0.4, -0.2) is 24.1 Å². The molecule has 1 rings (SSSR count). The summed E-state index contributed by atoms with van der Waals surface area (Å²) in [4.78, 5) is 15.5. The zero-order chi connectivity index (χ0) is 12.8. The summed E-state index contributed by atoms with van der Waals surface area (Å²) in [6.07, 6.45) is 4.65. The van der Waals surface area contributed by atoms with Crippen molar-refractivity contribution in [3.63, 3.8) is 0 Å². The summed E-state index contributed by atoms with van der Waals surface area (Å²) in [6, 6.07) is 1.87. The fraction of sp³-hybridized carbons (Fsp3) is 0.538. The van der Waals surface area contributed by atoms with Crippen molar-refractivity contribution < 1.29 is 9.53 Å². The van der Waals surface area contributed by atoms with Crippen LogP contribution in [0.15, 0.2) is 18.5 Å². The molecule has 0 spiro atoms. The number of nitrogens with two attached hydrogens (primary N) is 1. The summed E-state index contributed by atoms with van der Waals surface area (Å²) in [7, 11) is 1.40. The summed E-state index contributed by atoms with van der Waals surface area (Å²) >= 11 is 0. The number of hydrogen-bond acceptors (Lipinski definition) is 4. The minimum Gasteiger partial charge on any atom is -0.469 e. The van der Waals surface area contributed by atoms with E-state index in [-0.39, 0.29) is 17.9 Å². The highest BCUT2D eigenvalue weighted by atomic mass is 16.5. The van der Waals surface area contributed by atoms with Crippen LogP contribution in [0.25, 0.3) is 0 Å². The fourth-order valence-corrected chi connectivity index (χ4v) is 1.90. The summed E-state index contributed by atoms with van der Waals surface area (Å²) in [5, 5.41) is 0. The van der Waals surface area contributed by atoms with Crippen LogP contribution in [0.2, 0.25) is 0 Å². The number of methoxy groups -OCH3 is 1. The largest absolute Gasteiger partial charge is 0.469 e. The first kappa shape index (κ1) is 13.6. The molecule has 0 aliphatic rings.